The van der Waals surface area contributed by atoms with E-state index < -0.39 is 0 Å². The Morgan fingerprint density at radius 2 is 1.87 bits per heavy atom. The molecule has 2 aliphatic rings. The molecule has 1 aromatic rings. The normalized spacial score (nSPS) is 22.3. The zero-order valence-electron chi connectivity index (χ0n) is 13.5. The topological polar surface area (TPSA) is 40.6 Å². The van der Waals surface area contributed by atoms with E-state index in [0.717, 1.165) is 25.9 Å². The Morgan fingerprint density at radius 1 is 1.17 bits per heavy atom. The van der Waals surface area contributed by atoms with Gasteiger partial charge in [0.25, 0.3) is 11.8 Å². The first-order chi connectivity index (χ1) is 11.0. The Morgan fingerprint density at radius 3 is 2.48 bits per heavy atom. The molecule has 0 spiro atoms. The molecule has 3 rings (SSSR count). The maximum atomic E-state index is 13.2. The average molecular weight is 316 g/mol. The van der Waals surface area contributed by atoms with Crippen LogP contribution in [0.4, 0.5) is 4.39 Å². The van der Waals surface area contributed by atoms with E-state index in [9.17, 15) is 14.0 Å². The Labute approximate surface area is 135 Å². The Balaban J connectivity index is 2.08. The van der Waals surface area contributed by atoms with Crippen molar-refractivity contribution < 1.29 is 14.0 Å². The van der Waals surface area contributed by atoms with Crippen molar-refractivity contribution in [2.75, 3.05) is 19.6 Å². The van der Waals surface area contributed by atoms with Crippen LogP contribution >= 0.6 is 0 Å². The van der Waals surface area contributed by atoms with Gasteiger partial charge in [-0.15, -0.1) is 0 Å². The number of imide groups is 1. The molecule has 0 bridgehead atoms. The molecule has 122 valence electrons. The number of hydrogen-bond acceptors (Lipinski definition) is 3. The quantitative estimate of drug-likeness (QED) is 0.805. The first-order valence-corrected chi connectivity index (χ1v) is 8.14. The van der Waals surface area contributed by atoms with Crippen molar-refractivity contribution >= 4 is 17.4 Å². The van der Waals surface area contributed by atoms with Gasteiger partial charge in [0.05, 0.1) is 5.57 Å². The first-order valence-electron chi connectivity index (χ1n) is 8.14. The maximum absolute atomic E-state index is 13.2. The molecule has 0 radical (unpaired) electrons. The minimum absolute atomic E-state index is 0.231. The van der Waals surface area contributed by atoms with E-state index in [0.29, 0.717) is 29.3 Å². The fourth-order valence-electron chi connectivity index (χ4n) is 3.41. The van der Waals surface area contributed by atoms with Gasteiger partial charge >= 0.3 is 0 Å². The van der Waals surface area contributed by atoms with Crippen molar-refractivity contribution in [2.24, 2.45) is 5.92 Å². The van der Waals surface area contributed by atoms with E-state index >= 15 is 0 Å². The molecule has 2 aliphatic heterocycles. The van der Waals surface area contributed by atoms with Crippen molar-refractivity contribution in [1.82, 2.24) is 9.80 Å². The second-order valence-electron chi connectivity index (χ2n) is 6.28. The molecule has 0 saturated carbocycles. The number of halogens is 1. The lowest BCUT2D eigenvalue weighted by molar-refractivity contribution is -0.137. The summed E-state index contributed by atoms with van der Waals surface area (Å²) in [6.45, 7) is 5.84. The molecule has 1 saturated heterocycles. The summed E-state index contributed by atoms with van der Waals surface area (Å²) < 4.78 is 13.2. The van der Waals surface area contributed by atoms with Crippen molar-refractivity contribution in [3.8, 4) is 0 Å². The fourth-order valence-corrected chi connectivity index (χ4v) is 3.41. The van der Waals surface area contributed by atoms with Gasteiger partial charge in [-0.1, -0.05) is 19.1 Å². The molecule has 0 aliphatic carbocycles. The number of hydrogen-bond donors (Lipinski definition) is 0. The van der Waals surface area contributed by atoms with Crippen LogP contribution in [0.5, 0.6) is 0 Å². The largest absolute Gasteiger partial charge is 0.366 e. The van der Waals surface area contributed by atoms with E-state index in [2.05, 4.69) is 6.92 Å². The van der Waals surface area contributed by atoms with Gasteiger partial charge in [0.15, 0.2) is 0 Å². The molecule has 23 heavy (non-hydrogen) atoms. The van der Waals surface area contributed by atoms with Crippen LogP contribution in [0.15, 0.2) is 30.0 Å². The summed E-state index contributed by atoms with van der Waals surface area (Å²) in [6.07, 6.45) is 2.14. The zero-order valence-corrected chi connectivity index (χ0v) is 13.5. The summed E-state index contributed by atoms with van der Waals surface area (Å²) >= 11 is 0. The second-order valence-corrected chi connectivity index (χ2v) is 6.28. The van der Waals surface area contributed by atoms with Crippen LogP contribution in [-0.2, 0) is 9.59 Å². The van der Waals surface area contributed by atoms with E-state index in [1.54, 1.807) is 19.1 Å². The van der Waals surface area contributed by atoms with Crippen LogP contribution in [-0.4, -0.2) is 41.2 Å². The highest BCUT2D eigenvalue weighted by Gasteiger charge is 2.41. The number of piperidine rings is 1. The maximum Gasteiger partial charge on any atom is 0.277 e. The Bertz CT molecular complexity index is 666. The molecule has 0 aromatic heterocycles. The number of benzene rings is 1. The number of amides is 2. The third kappa shape index (κ3) is 2.76. The molecule has 2 amide bonds. The summed E-state index contributed by atoms with van der Waals surface area (Å²) in [5.74, 6) is -0.376. The van der Waals surface area contributed by atoms with Gasteiger partial charge in [0.1, 0.15) is 11.5 Å². The van der Waals surface area contributed by atoms with Crippen molar-refractivity contribution in [1.29, 1.82) is 0 Å². The molecule has 4 nitrogen and oxygen atoms in total. The van der Waals surface area contributed by atoms with Crippen molar-refractivity contribution in [3.63, 3.8) is 0 Å². The molecular formula is C18H21FN2O2. The van der Waals surface area contributed by atoms with Crippen molar-refractivity contribution in [2.45, 2.75) is 26.7 Å². The van der Waals surface area contributed by atoms with E-state index in [4.69, 9.17) is 0 Å². The minimum atomic E-state index is -0.355. The molecule has 1 atom stereocenters. The van der Waals surface area contributed by atoms with Gasteiger partial charge < -0.3 is 4.90 Å². The van der Waals surface area contributed by atoms with Crippen LogP contribution in [0.1, 0.15) is 32.3 Å². The Hall–Kier alpha value is -2.17. The highest BCUT2D eigenvalue weighted by Crippen LogP contribution is 2.33. The van der Waals surface area contributed by atoms with Gasteiger partial charge in [0, 0.05) is 19.6 Å². The lowest BCUT2D eigenvalue weighted by Crippen LogP contribution is -2.39. The summed E-state index contributed by atoms with van der Waals surface area (Å²) in [4.78, 5) is 28.7. The van der Waals surface area contributed by atoms with E-state index in [1.165, 1.54) is 17.0 Å². The van der Waals surface area contributed by atoms with Crippen molar-refractivity contribution in [3.05, 3.63) is 41.3 Å². The summed E-state index contributed by atoms with van der Waals surface area (Å²) in [7, 11) is 0. The van der Waals surface area contributed by atoms with Gasteiger partial charge in [-0.25, -0.2) is 4.39 Å². The molecular weight excluding hydrogens is 295 g/mol. The molecule has 0 N–H and O–H groups in total. The molecule has 5 heteroatoms. The van der Waals surface area contributed by atoms with Gasteiger partial charge in [-0.05, 0) is 43.4 Å². The number of nitrogens with zero attached hydrogens (tertiary/aromatic N) is 2. The number of carbonyl (C=O) groups excluding carboxylic acids is 2. The Kier molecular flexibility index (Phi) is 4.20. The standard InChI is InChI=1S/C18H21FN2O2/c1-3-21-17(22)15(13-6-8-14(19)9-7-13)16(18(21)23)20-10-4-5-12(2)11-20/h6-9,12H,3-5,10-11H2,1-2H3. The molecule has 1 unspecified atom stereocenters. The summed E-state index contributed by atoms with van der Waals surface area (Å²) in [6, 6.07) is 5.79. The third-order valence-corrected chi connectivity index (χ3v) is 4.57. The zero-order chi connectivity index (χ0) is 16.6. The summed E-state index contributed by atoms with van der Waals surface area (Å²) in [5, 5.41) is 0. The van der Waals surface area contributed by atoms with Gasteiger partial charge in [-0.2, -0.15) is 0 Å². The highest BCUT2D eigenvalue weighted by atomic mass is 19.1. The average Bonchev–Trinajstić information content (AvgIpc) is 2.78. The smallest absolute Gasteiger partial charge is 0.277 e. The molecule has 1 aromatic carbocycles. The number of likely N-dealkylation sites (tertiary alicyclic amines) is 1. The summed E-state index contributed by atoms with van der Waals surface area (Å²) in [5.41, 5.74) is 1.50. The lowest BCUT2D eigenvalue weighted by Gasteiger charge is -2.33. The predicted octanol–water partition coefficient (Wildman–Crippen LogP) is 2.66. The number of likely N-dealkylation sites (N-methyl/N-ethyl adjacent to an activating group) is 1. The van der Waals surface area contributed by atoms with Crippen LogP contribution in [0.25, 0.3) is 5.57 Å². The SMILES string of the molecule is CCN1C(=O)C(c2ccc(F)cc2)=C(N2CCCC(C)C2)C1=O. The second kappa shape index (κ2) is 6.14. The van der Waals surface area contributed by atoms with Crippen LogP contribution < -0.4 is 0 Å². The van der Waals surface area contributed by atoms with Crippen LogP contribution in [0.2, 0.25) is 0 Å². The molecule has 2 heterocycles. The van der Waals surface area contributed by atoms with E-state index in [1.807, 2.05) is 4.90 Å². The first kappa shape index (κ1) is 15.7. The molecule has 1 fully saturated rings. The minimum Gasteiger partial charge on any atom is -0.366 e. The highest BCUT2D eigenvalue weighted by molar-refractivity contribution is 6.35. The van der Waals surface area contributed by atoms with Gasteiger partial charge in [0.2, 0.25) is 0 Å². The lowest BCUT2D eigenvalue weighted by atomic mass is 9.98. The van der Waals surface area contributed by atoms with Crippen LogP contribution in [0.3, 0.4) is 0 Å². The number of rotatable bonds is 3. The van der Waals surface area contributed by atoms with E-state index in [-0.39, 0.29) is 17.6 Å². The number of carbonyl (C=O) groups is 2. The predicted molar refractivity (Wildman–Crippen MR) is 85.7 cm³/mol. The fraction of sp³-hybridized carbons (Fsp3) is 0.444. The monoisotopic (exact) mass is 316 g/mol. The van der Waals surface area contributed by atoms with Gasteiger partial charge in [-0.3, -0.25) is 14.5 Å². The van der Waals surface area contributed by atoms with Crippen LogP contribution in [0, 0.1) is 11.7 Å². The third-order valence-electron chi connectivity index (χ3n) is 4.57.